The molecule has 3 heterocycles. The Balaban J connectivity index is 0.000000188. The van der Waals surface area contributed by atoms with Crippen molar-refractivity contribution in [3.63, 3.8) is 0 Å². The molecule has 0 unspecified atom stereocenters. The standard InChI is InChI=1S/C23H13FNO.C14H16GeN.Ir/c24-17-10-7-15(8-11-17)16-9-12-18-19-4-3-5-20(21-6-1-2-13-25-21)23(19)26-22(18)14-16;1-15(2,3)13-9-10-14(16-11-13)12-7-5-4-6-8-12;/h1-4,6-14H;4-7,9-11H,1-3H3;/q2*-1;. The van der Waals surface area contributed by atoms with Gasteiger partial charge >= 0.3 is 99.8 Å². The summed E-state index contributed by atoms with van der Waals surface area (Å²) in [7, 11) is 0. The summed E-state index contributed by atoms with van der Waals surface area (Å²) in [5.74, 6) is 6.90. The third-order valence-corrected chi connectivity index (χ3v) is 11.4. The maximum atomic E-state index is 13.2. The monoisotopic (exact) mass is 803 g/mol. The van der Waals surface area contributed by atoms with E-state index in [1.807, 2.05) is 79.0 Å². The Morgan fingerprint density at radius 2 is 1.49 bits per heavy atom. The molecule has 6 heteroatoms. The summed E-state index contributed by atoms with van der Waals surface area (Å²) in [6.45, 7) is 0. The van der Waals surface area contributed by atoms with Gasteiger partial charge in [0.1, 0.15) is 11.4 Å². The molecule has 0 fully saturated rings. The zero-order valence-corrected chi connectivity index (χ0v) is 28.6. The molecule has 4 aromatic carbocycles. The zero-order valence-electron chi connectivity index (χ0n) is 24.1. The van der Waals surface area contributed by atoms with Gasteiger partial charge in [0.2, 0.25) is 0 Å². The van der Waals surface area contributed by atoms with Crippen molar-refractivity contribution < 1.29 is 28.9 Å². The van der Waals surface area contributed by atoms with Gasteiger partial charge in [-0.2, -0.15) is 0 Å². The van der Waals surface area contributed by atoms with Crippen LogP contribution in [0.5, 0.6) is 0 Å². The van der Waals surface area contributed by atoms with Crippen molar-refractivity contribution in [2.24, 2.45) is 0 Å². The molecule has 215 valence electrons. The molecule has 0 saturated heterocycles. The van der Waals surface area contributed by atoms with Crippen LogP contribution in [0.3, 0.4) is 0 Å². The van der Waals surface area contributed by atoms with Gasteiger partial charge in [0.05, 0.1) is 5.58 Å². The van der Waals surface area contributed by atoms with Gasteiger partial charge in [-0.1, -0.05) is 47.3 Å². The van der Waals surface area contributed by atoms with Crippen molar-refractivity contribution in [3.05, 3.63) is 140 Å². The quantitative estimate of drug-likeness (QED) is 0.132. The fraction of sp³-hybridized carbons (Fsp3) is 0.0811. The van der Waals surface area contributed by atoms with Crippen molar-refractivity contribution in [2.75, 3.05) is 0 Å². The first kappa shape index (κ1) is 30.6. The largest absolute Gasteiger partial charge is 0 e. The predicted molar refractivity (Wildman–Crippen MR) is 173 cm³/mol. The van der Waals surface area contributed by atoms with Crippen LogP contribution in [0.25, 0.3) is 55.6 Å². The van der Waals surface area contributed by atoms with Gasteiger partial charge in [-0.3, -0.25) is 0 Å². The van der Waals surface area contributed by atoms with Gasteiger partial charge in [0.15, 0.2) is 0 Å². The van der Waals surface area contributed by atoms with Crippen LogP contribution in [-0.2, 0) is 20.1 Å². The fourth-order valence-corrected chi connectivity index (χ4v) is 6.99. The summed E-state index contributed by atoms with van der Waals surface area (Å²) in [4.78, 5) is 8.95. The normalized spacial score (nSPS) is 11.1. The molecule has 0 aliphatic carbocycles. The molecule has 0 atom stereocenters. The number of pyridine rings is 2. The third-order valence-electron chi connectivity index (χ3n) is 7.15. The number of benzene rings is 4. The summed E-state index contributed by atoms with van der Waals surface area (Å²) >= 11 is -1.72. The van der Waals surface area contributed by atoms with E-state index in [0.717, 1.165) is 55.6 Å². The molecule has 0 N–H and O–H groups in total. The first-order chi connectivity index (χ1) is 20.4. The molecule has 0 aliphatic rings. The van der Waals surface area contributed by atoms with Gasteiger partial charge in [0.25, 0.3) is 0 Å². The van der Waals surface area contributed by atoms with Crippen LogP contribution in [0.1, 0.15) is 0 Å². The molecule has 0 amide bonds. The predicted octanol–water partition coefficient (Wildman–Crippen LogP) is 9.35. The topological polar surface area (TPSA) is 38.9 Å². The average molecular weight is 801 g/mol. The second kappa shape index (κ2) is 13.2. The molecule has 1 radical (unpaired) electrons. The van der Waals surface area contributed by atoms with Gasteiger partial charge < -0.3 is 9.40 Å². The van der Waals surface area contributed by atoms with E-state index in [4.69, 9.17) is 4.42 Å². The first-order valence-electron chi connectivity index (χ1n) is 13.8. The minimum absolute atomic E-state index is 0. The molecule has 7 aromatic rings. The van der Waals surface area contributed by atoms with Crippen molar-refractivity contribution in [1.82, 2.24) is 9.97 Å². The minimum Gasteiger partial charge on any atom is 0 e. The average Bonchev–Trinajstić information content (AvgIpc) is 3.40. The SMILES string of the molecule is Fc1ccc(-c2ccc3c(c2)oc2c(-c4ccccn4)[c-]ccc23)cc1.[CH3][Ge]([CH3])([CH3])[c]1ccc(-c2[c-]cccc2)nc1.[Ir]. The summed E-state index contributed by atoms with van der Waals surface area (Å²) < 4.78 is 20.8. The summed E-state index contributed by atoms with van der Waals surface area (Å²) in [6.07, 6.45) is 3.80. The van der Waals surface area contributed by atoms with Gasteiger partial charge in [-0.05, 0) is 41.1 Å². The smallest absolute Gasteiger partial charge is 0 e. The van der Waals surface area contributed by atoms with E-state index < -0.39 is 13.3 Å². The van der Waals surface area contributed by atoms with E-state index in [9.17, 15) is 4.39 Å². The first-order valence-corrected chi connectivity index (χ1v) is 21.2. The number of hydrogen-bond acceptors (Lipinski definition) is 3. The molecule has 3 nitrogen and oxygen atoms in total. The Morgan fingerprint density at radius 3 is 2.16 bits per heavy atom. The number of aromatic nitrogens is 2. The van der Waals surface area contributed by atoms with Crippen molar-refractivity contribution >= 4 is 39.6 Å². The molecule has 0 bridgehead atoms. The molecule has 43 heavy (non-hydrogen) atoms. The maximum absolute atomic E-state index is 13.2. The van der Waals surface area contributed by atoms with E-state index >= 15 is 0 Å². The Bertz CT molecular complexity index is 1950. The third kappa shape index (κ3) is 6.86. The van der Waals surface area contributed by atoms with E-state index in [-0.39, 0.29) is 25.9 Å². The van der Waals surface area contributed by atoms with Crippen LogP contribution in [0, 0.1) is 17.9 Å². The molecule has 0 aliphatic heterocycles. The van der Waals surface area contributed by atoms with E-state index in [0.29, 0.717) is 0 Å². The molecule has 0 spiro atoms. The van der Waals surface area contributed by atoms with Crippen LogP contribution in [0.2, 0.25) is 17.3 Å². The van der Waals surface area contributed by atoms with Crippen LogP contribution < -0.4 is 4.40 Å². The van der Waals surface area contributed by atoms with E-state index in [1.54, 1.807) is 18.3 Å². The van der Waals surface area contributed by atoms with Crippen LogP contribution in [-0.4, -0.2) is 23.2 Å². The number of rotatable bonds is 4. The Hall–Kier alpha value is -3.90. The van der Waals surface area contributed by atoms with Crippen LogP contribution in [0.4, 0.5) is 4.39 Å². The molecule has 3 aromatic heterocycles. The number of halogens is 1. The van der Waals surface area contributed by atoms with Crippen molar-refractivity contribution in [2.45, 2.75) is 17.3 Å². The zero-order chi connectivity index (χ0) is 29.1. The fourth-order valence-electron chi connectivity index (χ4n) is 4.81. The number of hydrogen-bond donors (Lipinski definition) is 0. The summed E-state index contributed by atoms with van der Waals surface area (Å²) in [5.41, 5.74) is 7.26. The molecular weight excluding hydrogens is 772 g/mol. The Morgan fingerprint density at radius 1 is 0.698 bits per heavy atom. The van der Waals surface area contributed by atoms with Gasteiger partial charge in [-0.25, -0.2) is 4.39 Å². The summed E-state index contributed by atoms with van der Waals surface area (Å²) in [5, 5.41) is 2.07. The van der Waals surface area contributed by atoms with Gasteiger partial charge in [-0.15, -0.1) is 18.2 Å². The van der Waals surface area contributed by atoms with Gasteiger partial charge in [0, 0.05) is 31.7 Å². The van der Waals surface area contributed by atoms with E-state index in [2.05, 4.69) is 51.5 Å². The van der Waals surface area contributed by atoms with E-state index in [1.165, 1.54) is 16.5 Å². The Labute approximate surface area is 267 Å². The molecular formula is C37H29FGeIrN2O-2. The van der Waals surface area contributed by atoms with Crippen LogP contribution >= 0.6 is 0 Å². The Kier molecular flexibility index (Phi) is 9.36. The number of fused-ring (bicyclic) bond motifs is 3. The van der Waals surface area contributed by atoms with Crippen molar-refractivity contribution in [3.8, 4) is 33.6 Å². The second-order valence-electron chi connectivity index (χ2n) is 11.1. The van der Waals surface area contributed by atoms with Crippen molar-refractivity contribution in [1.29, 1.82) is 0 Å². The van der Waals surface area contributed by atoms with Crippen LogP contribution in [0.15, 0.2) is 126 Å². The minimum atomic E-state index is -1.72. The summed E-state index contributed by atoms with van der Waals surface area (Å²) in [6, 6.07) is 40.9. The molecule has 7 rings (SSSR count). The molecule has 0 saturated carbocycles. The number of nitrogens with zero attached hydrogens (tertiary/aromatic N) is 2. The second-order valence-corrected chi connectivity index (χ2v) is 21.7. The maximum Gasteiger partial charge on any atom is 0 e. The number of furan rings is 1.